The second-order valence-electron chi connectivity index (χ2n) is 3.67. The maximum absolute atomic E-state index is 11.8. The number of alkyl halides is 2. The van der Waals surface area contributed by atoms with Crippen LogP contribution in [0.5, 0.6) is 0 Å². The van der Waals surface area contributed by atoms with E-state index in [1.54, 1.807) is 19.9 Å². The van der Waals surface area contributed by atoms with Crippen molar-refractivity contribution in [3.8, 4) is 0 Å². The first kappa shape index (κ1) is 12.4. The van der Waals surface area contributed by atoms with Gasteiger partial charge >= 0.3 is 0 Å². The molecule has 1 rings (SSSR count). The first-order valence-electron chi connectivity index (χ1n) is 4.51. The molecule has 84 valence electrons. The van der Waals surface area contributed by atoms with E-state index in [4.69, 9.17) is 27.6 Å². The Bertz CT molecular complexity index is 345. The largest absolute Gasteiger partial charge is 0.469 e. The Morgan fingerprint density at radius 1 is 1.53 bits per heavy atom. The number of amides is 1. The van der Waals surface area contributed by atoms with Gasteiger partial charge in [-0.25, -0.2) is 0 Å². The number of furan rings is 1. The van der Waals surface area contributed by atoms with Crippen LogP contribution < -0.4 is 5.32 Å². The summed E-state index contributed by atoms with van der Waals surface area (Å²) in [6.45, 7) is 3.52. The van der Waals surface area contributed by atoms with Gasteiger partial charge in [0, 0.05) is 11.8 Å². The lowest BCUT2D eigenvalue weighted by atomic mass is 10.1. The van der Waals surface area contributed by atoms with Gasteiger partial charge in [-0.05, 0) is 19.9 Å². The third-order valence-electron chi connectivity index (χ3n) is 2.11. The van der Waals surface area contributed by atoms with Gasteiger partial charge in [0.25, 0.3) is 5.91 Å². The van der Waals surface area contributed by atoms with Crippen molar-refractivity contribution < 1.29 is 9.21 Å². The number of hydrogen-bond acceptors (Lipinski definition) is 2. The van der Waals surface area contributed by atoms with E-state index in [1.807, 2.05) is 0 Å². The molecule has 5 heteroatoms. The maximum Gasteiger partial charge on any atom is 0.255 e. The van der Waals surface area contributed by atoms with Gasteiger partial charge in [0.05, 0.1) is 17.4 Å². The molecule has 1 heterocycles. The standard InChI is InChI=1S/C10H13Cl2NO2/c1-7-8(3-4-15-7)9(14)13-10(2,5-11)6-12/h3-4H,5-6H2,1-2H3,(H,13,14). The second-order valence-corrected chi connectivity index (χ2v) is 4.21. The summed E-state index contributed by atoms with van der Waals surface area (Å²) in [7, 11) is 0. The maximum atomic E-state index is 11.8. The molecular formula is C10H13Cl2NO2. The van der Waals surface area contributed by atoms with Gasteiger partial charge in [-0.2, -0.15) is 0 Å². The normalized spacial score (nSPS) is 11.5. The van der Waals surface area contributed by atoms with Crippen molar-refractivity contribution in [2.75, 3.05) is 11.8 Å². The monoisotopic (exact) mass is 249 g/mol. The minimum Gasteiger partial charge on any atom is -0.469 e. The molecule has 0 atom stereocenters. The van der Waals surface area contributed by atoms with Crippen LogP contribution in [-0.4, -0.2) is 23.2 Å². The summed E-state index contributed by atoms with van der Waals surface area (Å²) in [5.74, 6) is 0.891. The van der Waals surface area contributed by atoms with Crippen molar-refractivity contribution in [1.29, 1.82) is 0 Å². The van der Waals surface area contributed by atoms with Gasteiger partial charge in [-0.15, -0.1) is 23.2 Å². The number of hydrogen-bond donors (Lipinski definition) is 1. The van der Waals surface area contributed by atoms with E-state index >= 15 is 0 Å². The molecule has 3 nitrogen and oxygen atoms in total. The fraction of sp³-hybridized carbons (Fsp3) is 0.500. The average Bonchev–Trinajstić information content (AvgIpc) is 2.64. The Hall–Kier alpha value is -0.670. The third-order valence-corrected chi connectivity index (χ3v) is 3.29. The molecule has 0 fully saturated rings. The molecule has 0 saturated carbocycles. The highest BCUT2D eigenvalue weighted by Gasteiger charge is 2.25. The van der Waals surface area contributed by atoms with Crippen molar-refractivity contribution in [2.45, 2.75) is 19.4 Å². The Kier molecular flexibility index (Phi) is 4.05. The van der Waals surface area contributed by atoms with E-state index in [0.29, 0.717) is 11.3 Å². The summed E-state index contributed by atoms with van der Waals surface area (Å²) in [5.41, 5.74) is -0.0827. The Morgan fingerprint density at radius 2 is 2.13 bits per heavy atom. The minimum atomic E-state index is -0.593. The highest BCUT2D eigenvalue weighted by molar-refractivity contribution is 6.22. The van der Waals surface area contributed by atoms with Crippen LogP contribution in [0, 0.1) is 6.92 Å². The fourth-order valence-electron chi connectivity index (χ4n) is 1.06. The van der Waals surface area contributed by atoms with E-state index in [2.05, 4.69) is 5.32 Å². The quantitative estimate of drug-likeness (QED) is 0.834. The van der Waals surface area contributed by atoms with E-state index in [1.165, 1.54) is 6.26 Å². The lowest BCUT2D eigenvalue weighted by Crippen LogP contribution is -2.49. The van der Waals surface area contributed by atoms with Crippen molar-refractivity contribution in [3.63, 3.8) is 0 Å². The van der Waals surface area contributed by atoms with Crippen LogP contribution in [0.15, 0.2) is 16.7 Å². The third kappa shape index (κ3) is 2.89. The van der Waals surface area contributed by atoms with Crippen molar-refractivity contribution in [1.82, 2.24) is 5.32 Å². The van der Waals surface area contributed by atoms with Crippen molar-refractivity contribution in [2.24, 2.45) is 0 Å². The first-order chi connectivity index (χ1) is 7.02. The average molecular weight is 250 g/mol. The Morgan fingerprint density at radius 3 is 2.53 bits per heavy atom. The van der Waals surface area contributed by atoms with Gasteiger partial charge in [0.2, 0.25) is 0 Å². The summed E-state index contributed by atoms with van der Waals surface area (Å²) < 4.78 is 5.04. The molecule has 15 heavy (non-hydrogen) atoms. The molecule has 0 aliphatic heterocycles. The smallest absolute Gasteiger partial charge is 0.255 e. The van der Waals surface area contributed by atoms with E-state index in [-0.39, 0.29) is 17.7 Å². The zero-order valence-corrected chi connectivity index (χ0v) is 10.2. The predicted octanol–water partition coefficient (Wildman–Crippen LogP) is 2.55. The summed E-state index contributed by atoms with van der Waals surface area (Å²) in [6, 6.07) is 1.62. The van der Waals surface area contributed by atoms with Crippen LogP contribution in [0.3, 0.4) is 0 Å². The van der Waals surface area contributed by atoms with Crippen molar-refractivity contribution in [3.05, 3.63) is 23.7 Å². The molecule has 1 aromatic rings. The van der Waals surface area contributed by atoms with E-state index < -0.39 is 5.54 Å². The van der Waals surface area contributed by atoms with E-state index in [9.17, 15) is 4.79 Å². The molecule has 0 saturated heterocycles. The van der Waals surface area contributed by atoms with Crippen LogP contribution in [-0.2, 0) is 0 Å². The number of halogens is 2. The zero-order valence-electron chi connectivity index (χ0n) is 8.64. The lowest BCUT2D eigenvalue weighted by molar-refractivity contribution is 0.0920. The number of nitrogens with one attached hydrogen (secondary N) is 1. The Labute approximate surface area is 98.7 Å². The molecule has 0 aromatic carbocycles. The van der Waals surface area contributed by atoms with Crippen LogP contribution in [0.2, 0.25) is 0 Å². The molecule has 0 aliphatic carbocycles. The van der Waals surface area contributed by atoms with Gasteiger partial charge in [-0.1, -0.05) is 0 Å². The molecule has 1 aromatic heterocycles. The minimum absolute atomic E-state index is 0.218. The molecule has 0 bridgehead atoms. The summed E-state index contributed by atoms with van der Waals surface area (Å²) in [4.78, 5) is 11.8. The molecule has 0 unspecified atom stereocenters. The van der Waals surface area contributed by atoms with Gasteiger partial charge in [0.15, 0.2) is 0 Å². The fourth-order valence-corrected chi connectivity index (χ4v) is 1.48. The molecular weight excluding hydrogens is 237 g/mol. The van der Waals surface area contributed by atoms with Gasteiger partial charge in [-0.3, -0.25) is 4.79 Å². The van der Waals surface area contributed by atoms with Gasteiger partial charge < -0.3 is 9.73 Å². The summed E-state index contributed by atoms with van der Waals surface area (Å²) in [6.07, 6.45) is 1.48. The highest BCUT2D eigenvalue weighted by Crippen LogP contribution is 2.13. The SMILES string of the molecule is Cc1occc1C(=O)NC(C)(CCl)CCl. The molecule has 1 amide bonds. The number of rotatable bonds is 4. The van der Waals surface area contributed by atoms with Crippen LogP contribution in [0.25, 0.3) is 0 Å². The first-order valence-corrected chi connectivity index (χ1v) is 5.58. The van der Waals surface area contributed by atoms with Gasteiger partial charge in [0.1, 0.15) is 5.76 Å². The number of aryl methyl sites for hydroxylation is 1. The van der Waals surface area contributed by atoms with Crippen molar-refractivity contribution >= 4 is 29.1 Å². The summed E-state index contributed by atoms with van der Waals surface area (Å²) in [5, 5.41) is 2.77. The lowest BCUT2D eigenvalue weighted by Gasteiger charge is -2.25. The van der Waals surface area contributed by atoms with Crippen LogP contribution in [0.1, 0.15) is 23.0 Å². The molecule has 0 radical (unpaired) electrons. The summed E-state index contributed by atoms with van der Waals surface area (Å²) >= 11 is 11.5. The predicted molar refractivity (Wildman–Crippen MR) is 60.8 cm³/mol. The van der Waals surface area contributed by atoms with Crippen LogP contribution >= 0.6 is 23.2 Å². The van der Waals surface area contributed by atoms with E-state index in [0.717, 1.165) is 0 Å². The highest BCUT2D eigenvalue weighted by atomic mass is 35.5. The molecule has 0 spiro atoms. The topological polar surface area (TPSA) is 42.2 Å². The molecule has 0 aliphatic rings. The number of carbonyl (C=O) groups excluding carboxylic acids is 1. The Balaban J connectivity index is 2.76. The molecule has 1 N–H and O–H groups in total. The van der Waals surface area contributed by atoms with Crippen LogP contribution in [0.4, 0.5) is 0 Å². The number of carbonyl (C=O) groups is 1. The zero-order chi connectivity index (χ0) is 11.5. The second kappa shape index (κ2) is 4.90.